The van der Waals surface area contributed by atoms with E-state index in [2.05, 4.69) is 17.6 Å². The fourth-order valence-electron chi connectivity index (χ4n) is 3.64. The Hall–Kier alpha value is -2.09. The lowest BCUT2D eigenvalue weighted by Crippen LogP contribution is -2.42. The molecule has 1 fully saturated rings. The second kappa shape index (κ2) is 7.88. The Morgan fingerprint density at radius 3 is 2.81 bits per heavy atom. The number of fused-ring (bicyclic) bond motifs is 1. The molecule has 1 heterocycles. The third-order valence-electron chi connectivity index (χ3n) is 5.37. The number of anilines is 1. The molecular weight excluding hydrogens is 368 g/mol. The molecule has 2 aliphatic rings. The van der Waals surface area contributed by atoms with Crippen molar-refractivity contribution in [3.8, 4) is 5.75 Å². The molecule has 7 nitrogen and oxygen atoms in total. The van der Waals surface area contributed by atoms with Crippen LogP contribution >= 0.6 is 0 Å². The lowest BCUT2D eigenvalue weighted by Gasteiger charge is -2.29. The molecule has 2 amide bonds. The summed E-state index contributed by atoms with van der Waals surface area (Å²) < 4.78 is 31.0. The van der Waals surface area contributed by atoms with Crippen LogP contribution in [0.5, 0.6) is 5.75 Å². The number of carbonyl (C=O) groups excluding carboxylic acids is 2. The zero-order valence-electron chi connectivity index (χ0n) is 15.7. The van der Waals surface area contributed by atoms with Crippen LogP contribution in [0.2, 0.25) is 0 Å². The van der Waals surface area contributed by atoms with Crippen molar-refractivity contribution in [1.82, 2.24) is 5.32 Å². The number of nitrogens with one attached hydrogen (secondary N) is 2. The van der Waals surface area contributed by atoms with E-state index in [1.807, 2.05) is 0 Å². The Labute approximate surface area is 159 Å². The Morgan fingerprint density at radius 1 is 1.33 bits per heavy atom. The number of hydrogen-bond acceptors (Lipinski definition) is 5. The number of amides is 2. The highest BCUT2D eigenvalue weighted by molar-refractivity contribution is 7.92. The molecule has 2 N–H and O–H groups in total. The number of rotatable bonds is 5. The lowest BCUT2D eigenvalue weighted by atomic mass is 9.86. The van der Waals surface area contributed by atoms with Crippen molar-refractivity contribution in [3.63, 3.8) is 0 Å². The average molecular weight is 394 g/mol. The average Bonchev–Trinajstić information content (AvgIpc) is 2.62. The second-order valence-electron chi connectivity index (χ2n) is 7.49. The largest absolute Gasteiger partial charge is 0.482 e. The normalized spacial score (nSPS) is 23.6. The minimum absolute atomic E-state index is 0.0679. The number of benzene rings is 1. The topological polar surface area (TPSA) is 102 Å². The van der Waals surface area contributed by atoms with Gasteiger partial charge in [-0.25, -0.2) is 8.42 Å². The van der Waals surface area contributed by atoms with Gasteiger partial charge in [0, 0.05) is 12.5 Å². The van der Waals surface area contributed by atoms with E-state index in [1.54, 1.807) is 0 Å². The standard InChI is InChI=1S/C19H26N2O5S/c1-12-5-3-4-6-15(12)20-18(22)9-13(2)27(24,25)14-7-8-17-16(10-14)21-19(23)11-26-17/h7-8,10,12-13,15H,3-6,9,11H2,1-2H3,(H,20,22)(H,21,23). The van der Waals surface area contributed by atoms with Gasteiger partial charge in [0.15, 0.2) is 16.4 Å². The van der Waals surface area contributed by atoms with Gasteiger partial charge in [0.2, 0.25) is 5.91 Å². The summed E-state index contributed by atoms with van der Waals surface area (Å²) >= 11 is 0. The molecule has 1 aliphatic carbocycles. The van der Waals surface area contributed by atoms with E-state index in [0.29, 0.717) is 17.4 Å². The first-order chi connectivity index (χ1) is 12.8. The van der Waals surface area contributed by atoms with Crippen molar-refractivity contribution in [1.29, 1.82) is 0 Å². The number of carbonyl (C=O) groups is 2. The van der Waals surface area contributed by atoms with Crippen molar-refractivity contribution in [3.05, 3.63) is 18.2 Å². The van der Waals surface area contributed by atoms with Gasteiger partial charge in [-0.05, 0) is 43.9 Å². The van der Waals surface area contributed by atoms with Crippen LogP contribution in [0.1, 0.15) is 46.0 Å². The maximum atomic E-state index is 12.9. The molecule has 1 saturated carbocycles. The molecule has 1 aromatic rings. The summed E-state index contributed by atoms with van der Waals surface area (Å²) in [7, 11) is -3.71. The molecule has 148 valence electrons. The Balaban J connectivity index is 1.68. The molecule has 3 rings (SSSR count). The zero-order valence-corrected chi connectivity index (χ0v) is 16.5. The number of hydrogen-bond donors (Lipinski definition) is 2. The van der Waals surface area contributed by atoms with Crippen LogP contribution in [0.4, 0.5) is 5.69 Å². The monoisotopic (exact) mass is 394 g/mol. The molecule has 0 saturated heterocycles. The van der Waals surface area contributed by atoms with Crippen molar-refractivity contribution in [2.45, 2.75) is 62.1 Å². The predicted octanol–water partition coefficient (Wildman–Crippen LogP) is 2.26. The minimum atomic E-state index is -3.71. The minimum Gasteiger partial charge on any atom is -0.482 e. The summed E-state index contributed by atoms with van der Waals surface area (Å²) in [6.45, 7) is 3.57. The first kappa shape index (κ1) is 19.7. The van der Waals surface area contributed by atoms with Crippen LogP contribution in [0.3, 0.4) is 0 Å². The van der Waals surface area contributed by atoms with Gasteiger partial charge in [-0.15, -0.1) is 0 Å². The predicted molar refractivity (Wildman–Crippen MR) is 101 cm³/mol. The van der Waals surface area contributed by atoms with E-state index in [-0.39, 0.29) is 35.8 Å². The molecule has 3 unspecified atom stereocenters. The van der Waals surface area contributed by atoms with Gasteiger partial charge in [0.25, 0.3) is 5.91 Å². The van der Waals surface area contributed by atoms with Gasteiger partial charge in [0.1, 0.15) is 5.75 Å². The molecule has 0 radical (unpaired) electrons. The smallest absolute Gasteiger partial charge is 0.262 e. The van der Waals surface area contributed by atoms with E-state index in [0.717, 1.165) is 19.3 Å². The van der Waals surface area contributed by atoms with Crippen molar-refractivity contribution < 1.29 is 22.7 Å². The molecule has 1 aliphatic heterocycles. The highest BCUT2D eigenvalue weighted by Crippen LogP contribution is 2.32. The Kier molecular flexibility index (Phi) is 5.74. The zero-order chi connectivity index (χ0) is 19.6. The highest BCUT2D eigenvalue weighted by atomic mass is 32.2. The molecule has 8 heteroatoms. The third kappa shape index (κ3) is 4.43. The molecule has 1 aromatic carbocycles. The molecular formula is C19H26N2O5S. The molecule has 0 spiro atoms. The lowest BCUT2D eigenvalue weighted by molar-refractivity contribution is -0.122. The summed E-state index contributed by atoms with van der Waals surface area (Å²) in [5.74, 6) is 0.287. The van der Waals surface area contributed by atoms with Gasteiger partial charge < -0.3 is 15.4 Å². The first-order valence-corrected chi connectivity index (χ1v) is 10.9. The SMILES string of the molecule is CC1CCCCC1NC(=O)CC(C)S(=O)(=O)c1ccc2c(c1)NC(=O)CO2. The van der Waals surface area contributed by atoms with Crippen molar-refractivity contribution in [2.24, 2.45) is 5.92 Å². The molecule has 0 aromatic heterocycles. The molecule has 27 heavy (non-hydrogen) atoms. The quantitative estimate of drug-likeness (QED) is 0.798. The highest BCUT2D eigenvalue weighted by Gasteiger charge is 2.29. The Bertz CT molecular complexity index is 837. The van der Waals surface area contributed by atoms with Crippen molar-refractivity contribution >= 4 is 27.3 Å². The maximum Gasteiger partial charge on any atom is 0.262 e. The van der Waals surface area contributed by atoms with E-state index in [4.69, 9.17) is 4.74 Å². The van der Waals surface area contributed by atoms with Crippen LogP contribution in [0, 0.1) is 5.92 Å². The van der Waals surface area contributed by atoms with Gasteiger partial charge in [-0.3, -0.25) is 9.59 Å². The van der Waals surface area contributed by atoms with E-state index < -0.39 is 15.1 Å². The van der Waals surface area contributed by atoms with Gasteiger partial charge >= 0.3 is 0 Å². The second-order valence-corrected chi connectivity index (χ2v) is 9.86. The van der Waals surface area contributed by atoms with Crippen LogP contribution < -0.4 is 15.4 Å². The van der Waals surface area contributed by atoms with Gasteiger partial charge in [-0.1, -0.05) is 19.8 Å². The summed E-state index contributed by atoms with van der Waals surface area (Å²) in [5, 5.41) is 4.74. The van der Waals surface area contributed by atoms with E-state index in [1.165, 1.54) is 31.5 Å². The summed E-state index contributed by atoms with van der Waals surface area (Å²) in [6.07, 6.45) is 4.20. The fourth-order valence-corrected chi connectivity index (χ4v) is 5.01. The van der Waals surface area contributed by atoms with E-state index >= 15 is 0 Å². The van der Waals surface area contributed by atoms with E-state index in [9.17, 15) is 18.0 Å². The fraction of sp³-hybridized carbons (Fsp3) is 0.579. The van der Waals surface area contributed by atoms with Crippen LogP contribution in [0.15, 0.2) is 23.1 Å². The van der Waals surface area contributed by atoms with Gasteiger partial charge in [-0.2, -0.15) is 0 Å². The number of ether oxygens (including phenoxy) is 1. The molecule has 0 bridgehead atoms. The van der Waals surface area contributed by atoms with Crippen molar-refractivity contribution in [2.75, 3.05) is 11.9 Å². The van der Waals surface area contributed by atoms with Gasteiger partial charge in [0.05, 0.1) is 15.8 Å². The summed E-state index contributed by atoms with van der Waals surface area (Å²) in [4.78, 5) is 23.9. The molecule has 3 atom stereocenters. The third-order valence-corrected chi connectivity index (χ3v) is 7.51. The van der Waals surface area contributed by atoms with Crippen LogP contribution in [-0.2, 0) is 19.4 Å². The first-order valence-electron chi connectivity index (χ1n) is 9.37. The van der Waals surface area contributed by atoms with Crippen LogP contribution in [-0.4, -0.2) is 38.1 Å². The number of sulfone groups is 1. The van der Waals surface area contributed by atoms with Crippen LogP contribution in [0.25, 0.3) is 0 Å². The Morgan fingerprint density at radius 2 is 2.07 bits per heavy atom. The summed E-state index contributed by atoms with van der Waals surface area (Å²) in [5.41, 5.74) is 0.333. The summed E-state index contributed by atoms with van der Waals surface area (Å²) in [6, 6.07) is 4.48. The maximum absolute atomic E-state index is 12.9.